The number of ether oxygens (including phenoxy) is 2. The summed E-state index contributed by atoms with van der Waals surface area (Å²) in [4.78, 5) is 13.8. The highest BCUT2D eigenvalue weighted by molar-refractivity contribution is 7.16. The molecule has 0 radical (unpaired) electrons. The molecule has 26 heavy (non-hydrogen) atoms. The Kier molecular flexibility index (Phi) is 7.07. The summed E-state index contributed by atoms with van der Waals surface area (Å²) in [6, 6.07) is 2.31. The van der Waals surface area contributed by atoms with E-state index in [2.05, 4.69) is 11.4 Å². The first kappa shape index (κ1) is 19.3. The summed E-state index contributed by atoms with van der Waals surface area (Å²) in [6.45, 7) is 2.98. The zero-order chi connectivity index (χ0) is 18.4. The number of carbonyl (C=O) groups is 1. The molecule has 2 heterocycles. The minimum absolute atomic E-state index is 0.0928. The molecular weight excluding hydrogens is 348 g/mol. The fourth-order valence-electron chi connectivity index (χ4n) is 3.61. The molecule has 1 aliphatic carbocycles. The van der Waals surface area contributed by atoms with Gasteiger partial charge in [0, 0.05) is 11.5 Å². The van der Waals surface area contributed by atoms with E-state index in [9.17, 15) is 10.1 Å². The van der Waals surface area contributed by atoms with E-state index >= 15 is 0 Å². The van der Waals surface area contributed by atoms with Crippen LogP contribution >= 0.6 is 11.3 Å². The Hall–Kier alpha value is -1.42. The normalized spacial score (nSPS) is 21.8. The van der Waals surface area contributed by atoms with Gasteiger partial charge < -0.3 is 14.8 Å². The van der Waals surface area contributed by atoms with Crippen molar-refractivity contribution in [1.29, 1.82) is 5.26 Å². The van der Waals surface area contributed by atoms with Crippen LogP contribution in [0.15, 0.2) is 0 Å². The molecule has 1 aliphatic heterocycles. The van der Waals surface area contributed by atoms with Crippen molar-refractivity contribution in [2.75, 3.05) is 18.5 Å². The van der Waals surface area contributed by atoms with Crippen molar-refractivity contribution in [2.24, 2.45) is 0 Å². The highest BCUT2D eigenvalue weighted by atomic mass is 32.1. The van der Waals surface area contributed by atoms with Crippen LogP contribution in [0.1, 0.15) is 67.9 Å². The van der Waals surface area contributed by atoms with E-state index in [0.717, 1.165) is 57.1 Å². The minimum Gasteiger partial charge on any atom is -0.376 e. The first-order valence-corrected chi connectivity index (χ1v) is 10.6. The highest BCUT2D eigenvalue weighted by Gasteiger charge is 2.23. The molecule has 0 spiro atoms. The van der Waals surface area contributed by atoms with Crippen LogP contribution < -0.4 is 5.32 Å². The van der Waals surface area contributed by atoms with Gasteiger partial charge in [-0.15, -0.1) is 11.3 Å². The van der Waals surface area contributed by atoms with Crippen molar-refractivity contribution in [3.05, 3.63) is 16.0 Å². The number of nitrogens with one attached hydrogen (secondary N) is 1. The van der Waals surface area contributed by atoms with Gasteiger partial charge in [-0.1, -0.05) is 12.8 Å². The zero-order valence-electron chi connectivity index (χ0n) is 15.5. The molecule has 0 saturated carbocycles. The summed E-state index contributed by atoms with van der Waals surface area (Å²) < 4.78 is 11.4. The Morgan fingerprint density at radius 2 is 2.12 bits per heavy atom. The van der Waals surface area contributed by atoms with Crippen molar-refractivity contribution < 1.29 is 14.3 Å². The van der Waals surface area contributed by atoms with Gasteiger partial charge in [0.25, 0.3) is 5.91 Å². The van der Waals surface area contributed by atoms with Crippen LogP contribution in [0, 0.1) is 11.3 Å². The lowest BCUT2D eigenvalue weighted by molar-refractivity contribution is -0.130. The van der Waals surface area contributed by atoms with Gasteiger partial charge in [-0.05, 0) is 57.4 Å². The molecule has 1 amide bonds. The van der Waals surface area contributed by atoms with Crippen LogP contribution in [0.5, 0.6) is 0 Å². The van der Waals surface area contributed by atoms with E-state index in [-0.39, 0.29) is 12.0 Å². The molecule has 3 rings (SSSR count). The summed E-state index contributed by atoms with van der Waals surface area (Å²) >= 11 is 1.57. The third-order valence-corrected chi connectivity index (χ3v) is 6.40. The molecule has 5 nitrogen and oxygen atoms in total. The quantitative estimate of drug-likeness (QED) is 0.836. The molecule has 1 fully saturated rings. The number of anilines is 1. The predicted molar refractivity (Wildman–Crippen MR) is 103 cm³/mol. The molecule has 1 N–H and O–H groups in total. The van der Waals surface area contributed by atoms with E-state index in [1.807, 2.05) is 0 Å². The van der Waals surface area contributed by atoms with Crippen molar-refractivity contribution in [2.45, 2.75) is 76.9 Å². The van der Waals surface area contributed by atoms with Gasteiger partial charge in [-0.25, -0.2) is 0 Å². The zero-order valence-corrected chi connectivity index (χ0v) is 16.3. The number of thiophene rings is 1. The predicted octanol–water partition coefficient (Wildman–Crippen LogP) is 4.19. The van der Waals surface area contributed by atoms with Gasteiger partial charge in [-0.3, -0.25) is 4.79 Å². The number of aryl methyl sites for hydroxylation is 1. The van der Waals surface area contributed by atoms with Gasteiger partial charge in [0.1, 0.15) is 17.2 Å². The second-order valence-corrected chi connectivity index (χ2v) is 8.29. The van der Waals surface area contributed by atoms with Crippen molar-refractivity contribution >= 4 is 22.2 Å². The molecule has 1 aromatic rings. The number of nitrogens with zero attached hydrogens (tertiary/aromatic N) is 1. The number of amides is 1. The number of rotatable bonds is 5. The Bertz CT molecular complexity index is 659. The number of hydrogen-bond acceptors (Lipinski definition) is 5. The van der Waals surface area contributed by atoms with E-state index in [0.29, 0.717) is 17.2 Å². The summed E-state index contributed by atoms with van der Waals surface area (Å²) in [5.74, 6) is -0.188. The molecule has 142 valence electrons. The lowest BCUT2D eigenvalue weighted by Gasteiger charge is -2.23. The third kappa shape index (κ3) is 4.85. The van der Waals surface area contributed by atoms with Gasteiger partial charge in [0.2, 0.25) is 0 Å². The van der Waals surface area contributed by atoms with Crippen LogP contribution in [0.3, 0.4) is 0 Å². The monoisotopic (exact) mass is 376 g/mol. The lowest BCUT2D eigenvalue weighted by Crippen LogP contribution is -2.32. The van der Waals surface area contributed by atoms with Gasteiger partial charge in [-0.2, -0.15) is 5.26 Å². The second-order valence-electron chi connectivity index (χ2n) is 7.19. The van der Waals surface area contributed by atoms with Crippen molar-refractivity contribution in [3.8, 4) is 6.07 Å². The fraction of sp³-hybridized carbons (Fsp3) is 0.700. The first-order valence-electron chi connectivity index (χ1n) is 9.77. The van der Waals surface area contributed by atoms with Gasteiger partial charge >= 0.3 is 0 Å². The van der Waals surface area contributed by atoms with Gasteiger partial charge in [0.15, 0.2) is 0 Å². The maximum absolute atomic E-state index is 12.5. The maximum atomic E-state index is 12.5. The van der Waals surface area contributed by atoms with E-state index < -0.39 is 6.10 Å². The van der Waals surface area contributed by atoms with Crippen LogP contribution in [-0.2, 0) is 27.1 Å². The Morgan fingerprint density at radius 1 is 1.31 bits per heavy atom. The first-order chi connectivity index (χ1) is 12.7. The van der Waals surface area contributed by atoms with Crippen LogP contribution in [-0.4, -0.2) is 31.3 Å². The highest BCUT2D eigenvalue weighted by Crippen LogP contribution is 2.36. The Labute approximate surface area is 159 Å². The number of hydrogen-bond donors (Lipinski definition) is 1. The molecule has 2 aliphatic rings. The second kappa shape index (κ2) is 9.50. The smallest absolute Gasteiger partial charge is 0.253 e. The Balaban J connectivity index is 1.61. The van der Waals surface area contributed by atoms with Crippen LogP contribution in [0.25, 0.3) is 0 Å². The van der Waals surface area contributed by atoms with E-state index in [4.69, 9.17) is 9.47 Å². The fourth-order valence-corrected chi connectivity index (χ4v) is 4.85. The van der Waals surface area contributed by atoms with E-state index in [1.165, 1.54) is 17.7 Å². The molecule has 2 atom stereocenters. The summed E-state index contributed by atoms with van der Waals surface area (Å²) in [5.41, 5.74) is 1.81. The van der Waals surface area contributed by atoms with Crippen LogP contribution in [0.2, 0.25) is 0 Å². The van der Waals surface area contributed by atoms with Gasteiger partial charge in [0.05, 0.1) is 18.3 Å². The summed E-state index contributed by atoms with van der Waals surface area (Å²) in [6.07, 6.45) is 9.47. The maximum Gasteiger partial charge on any atom is 0.253 e. The standard InChI is InChI=1S/C20H28N2O3S/c1-14(25-13-15-8-6-7-11-24-15)19(23)22-20-17(12-21)16-9-4-2-3-5-10-18(16)26-20/h14-15H,2-11,13H2,1H3,(H,22,23). The molecule has 6 heteroatoms. The molecule has 1 aromatic heterocycles. The largest absolute Gasteiger partial charge is 0.376 e. The molecule has 0 aromatic carbocycles. The number of carbonyl (C=O) groups excluding carboxylic acids is 1. The SMILES string of the molecule is CC(OCC1CCCCO1)C(=O)Nc1sc2c(c1C#N)CCCCCC2. The van der Waals surface area contributed by atoms with Crippen molar-refractivity contribution in [1.82, 2.24) is 0 Å². The van der Waals surface area contributed by atoms with Crippen LogP contribution in [0.4, 0.5) is 5.00 Å². The minimum atomic E-state index is -0.559. The number of fused-ring (bicyclic) bond motifs is 1. The topological polar surface area (TPSA) is 71.3 Å². The average Bonchev–Trinajstić information content (AvgIpc) is 2.95. The van der Waals surface area contributed by atoms with Crippen molar-refractivity contribution in [3.63, 3.8) is 0 Å². The number of nitriles is 1. The average molecular weight is 377 g/mol. The summed E-state index contributed by atoms with van der Waals surface area (Å²) in [7, 11) is 0. The Morgan fingerprint density at radius 3 is 2.85 bits per heavy atom. The third-order valence-electron chi connectivity index (χ3n) is 5.20. The lowest BCUT2D eigenvalue weighted by atomic mass is 9.97. The van der Waals surface area contributed by atoms with E-state index in [1.54, 1.807) is 18.3 Å². The molecular formula is C20H28N2O3S. The summed E-state index contributed by atoms with van der Waals surface area (Å²) in [5, 5.41) is 13.2. The molecule has 0 bridgehead atoms. The molecule has 2 unspecified atom stereocenters. The molecule has 1 saturated heterocycles.